The molecule has 0 amide bonds. The monoisotopic (exact) mass is 571 g/mol. The van der Waals surface area contributed by atoms with Crippen LogP contribution in [0, 0.1) is 5.21 Å². The number of nitrogens with one attached hydrogen (secondary N) is 1. The molecule has 0 saturated carbocycles. The van der Waals surface area contributed by atoms with Crippen molar-refractivity contribution >= 4 is 28.8 Å². The Balaban J connectivity index is 0.000000623. The van der Waals surface area contributed by atoms with Crippen LogP contribution >= 0.6 is 0 Å². The molecule has 4 rings (SSSR count). The molecular weight excluding hydrogens is 539 g/mol. The molecule has 0 atom stereocenters. The van der Waals surface area contributed by atoms with Gasteiger partial charge in [0.2, 0.25) is 5.95 Å². The highest BCUT2D eigenvalue weighted by Gasteiger charge is 2.38. The van der Waals surface area contributed by atoms with Gasteiger partial charge >= 0.3 is 17.8 Å². The third-order valence-electron chi connectivity index (χ3n) is 6.05. The number of hydrogen-bond acceptors (Lipinski definition) is 7. The molecular formula is C24H32F3N7O6. The van der Waals surface area contributed by atoms with Crippen LogP contribution in [0.3, 0.4) is 0 Å². The van der Waals surface area contributed by atoms with Crippen LogP contribution in [-0.4, -0.2) is 67.6 Å². The summed E-state index contributed by atoms with van der Waals surface area (Å²) in [7, 11) is 1.63. The maximum atomic E-state index is 13.6. The molecule has 0 spiro atoms. The number of carbonyl (C=O) groups is 1. The van der Waals surface area contributed by atoms with Crippen LogP contribution in [0.4, 0.5) is 24.8 Å². The Bertz CT molecular complexity index is 1480. The van der Waals surface area contributed by atoms with Crippen molar-refractivity contribution in [3.63, 3.8) is 0 Å². The van der Waals surface area contributed by atoms with Crippen LogP contribution in [0.25, 0.3) is 11.2 Å². The average Bonchev–Trinajstić information content (AvgIpc) is 3.29. The van der Waals surface area contributed by atoms with E-state index < -0.39 is 23.4 Å². The Morgan fingerprint density at radius 1 is 1.18 bits per heavy atom. The second-order valence-electron chi connectivity index (χ2n) is 9.07. The molecule has 3 aromatic rings. The van der Waals surface area contributed by atoms with Crippen LogP contribution in [0.1, 0.15) is 19.4 Å². The number of aliphatic carboxylic acids is 1. The maximum Gasteiger partial charge on any atom is 0.490 e. The zero-order valence-corrected chi connectivity index (χ0v) is 22.2. The molecule has 1 aliphatic rings. The second kappa shape index (κ2) is 13.4. The van der Waals surface area contributed by atoms with Gasteiger partial charge in [0.15, 0.2) is 11.2 Å². The maximum absolute atomic E-state index is 13.6. The molecule has 40 heavy (non-hydrogen) atoms. The standard InChI is InChI=1S/C22H29N7O3.C2HF3O2.H2O/c1-15(2)8-11-28-18-19(24-21(28)27-12-9-23-10-13-27)26(3)22(31)29(20(18)30)14-16-6-4-5-7-17(16)25-32;3-2(4,5)1(6)7;/h4-8,23H,9-14,25H2,1-3H3;(H,6,7);1H2. The summed E-state index contributed by atoms with van der Waals surface area (Å²) in [5.41, 5.74) is 2.85. The fourth-order valence-corrected chi connectivity index (χ4v) is 4.02. The molecule has 16 heteroatoms. The van der Waals surface area contributed by atoms with Crippen LogP contribution in [0.2, 0.25) is 0 Å². The molecule has 0 unspecified atom stereocenters. The fourth-order valence-electron chi connectivity index (χ4n) is 4.02. The molecule has 0 radical (unpaired) electrons. The van der Waals surface area contributed by atoms with Gasteiger partial charge < -0.3 is 36.1 Å². The number of alkyl halides is 3. The van der Waals surface area contributed by atoms with Gasteiger partial charge in [-0.05, 0) is 19.9 Å². The van der Waals surface area contributed by atoms with Crippen molar-refractivity contribution in [2.24, 2.45) is 7.05 Å². The molecule has 0 bridgehead atoms. The molecule has 220 valence electrons. The summed E-state index contributed by atoms with van der Waals surface area (Å²) in [6, 6.07) is 6.98. The van der Waals surface area contributed by atoms with E-state index in [2.05, 4.69) is 10.2 Å². The van der Waals surface area contributed by atoms with Crippen molar-refractivity contribution in [2.75, 3.05) is 31.1 Å². The minimum Gasteiger partial charge on any atom is -0.630 e. The number of fused-ring (bicyclic) bond motifs is 1. The van der Waals surface area contributed by atoms with E-state index in [4.69, 9.17) is 14.9 Å². The predicted octanol–water partition coefficient (Wildman–Crippen LogP) is -0.178. The van der Waals surface area contributed by atoms with E-state index >= 15 is 0 Å². The van der Waals surface area contributed by atoms with E-state index in [1.165, 1.54) is 9.13 Å². The van der Waals surface area contributed by atoms with Crippen LogP contribution < -0.4 is 26.9 Å². The van der Waals surface area contributed by atoms with Gasteiger partial charge in [-0.15, -0.1) is 0 Å². The summed E-state index contributed by atoms with van der Waals surface area (Å²) in [5, 5.41) is 21.9. The Kier molecular flexibility index (Phi) is 10.8. The Morgan fingerprint density at radius 3 is 2.33 bits per heavy atom. The first-order valence-corrected chi connectivity index (χ1v) is 12.0. The van der Waals surface area contributed by atoms with Gasteiger partial charge in [0.1, 0.15) is 5.69 Å². The minimum absolute atomic E-state index is 0. The van der Waals surface area contributed by atoms with Crippen molar-refractivity contribution in [1.29, 1.82) is 0 Å². The van der Waals surface area contributed by atoms with Gasteiger partial charge in [-0.1, -0.05) is 29.8 Å². The van der Waals surface area contributed by atoms with Crippen molar-refractivity contribution in [2.45, 2.75) is 33.1 Å². The number of quaternary nitrogens is 1. The number of anilines is 1. The fraction of sp³-hybridized carbons (Fsp3) is 0.417. The highest BCUT2D eigenvalue weighted by atomic mass is 19.4. The van der Waals surface area contributed by atoms with E-state index in [1.54, 1.807) is 31.3 Å². The number of piperazine rings is 1. The highest BCUT2D eigenvalue weighted by molar-refractivity contribution is 5.75. The SMILES string of the molecule is CC(C)=CCn1c(N2CCNCC2)nc2c1c(=O)n(Cc1ccccc1[NH2+][O-])c(=O)n2C.O.O=C(O)C(F)(F)F. The summed E-state index contributed by atoms with van der Waals surface area (Å²) in [6.45, 7) is 7.72. The summed E-state index contributed by atoms with van der Waals surface area (Å²) >= 11 is 0. The quantitative estimate of drug-likeness (QED) is 0.207. The second-order valence-corrected chi connectivity index (χ2v) is 9.07. The van der Waals surface area contributed by atoms with Gasteiger partial charge in [-0.2, -0.15) is 18.2 Å². The normalized spacial score (nSPS) is 13.3. The lowest BCUT2D eigenvalue weighted by Crippen LogP contribution is -2.70. The zero-order valence-electron chi connectivity index (χ0n) is 22.2. The molecule has 1 aromatic carbocycles. The number of aromatic nitrogens is 4. The Labute approximate surface area is 226 Å². The summed E-state index contributed by atoms with van der Waals surface area (Å²) < 4.78 is 36.2. The number of nitrogens with zero attached hydrogens (tertiary/aromatic N) is 5. The molecule has 3 heterocycles. The van der Waals surface area contributed by atoms with E-state index in [0.29, 0.717) is 34.9 Å². The third-order valence-corrected chi connectivity index (χ3v) is 6.05. The number of carboxylic acids is 1. The molecule has 1 saturated heterocycles. The summed E-state index contributed by atoms with van der Waals surface area (Å²) in [5.74, 6) is -2.07. The predicted molar refractivity (Wildman–Crippen MR) is 142 cm³/mol. The minimum atomic E-state index is -5.08. The number of rotatable bonds is 6. The van der Waals surface area contributed by atoms with Gasteiger partial charge in [0.25, 0.3) is 5.56 Å². The van der Waals surface area contributed by atoms with E-state index in [9.17, 15) is 28.0 Å². The lowest BCUT2D eigenvalue weighted by atomic mass is 10.2. The number of carboxylic acid groups (broad SMARTS) is 1. The topological polar surface area (TPSA) is 186 Å². The van der Waals surface area contributed by atoms with Gasteiger partial charge in [0.05, 0.1) is 6.54 Å². The first kappa shape index (κ1) is 32.2. The molecule has 1 fully saturated rings. The van der Waals surface area contributed by atoms with E-state index in [0.717, 1.165) is 37.2 Å². The van der Waals surface area contributed by atoms with E-state index in [-0.39, 0.29) is 12.0 Å². The molecule has 13 nitrogen and oxygen atoms in total. The number of benzene rings is 1. The van der Waals surface area contributed by atoms with Crippen LogP contribution in [-0.2, 0) is 24.9 Å². The highest BCUT2D eigenvalue weighted by Crippen LogP contribution is 2.21. The van der Waals surface area contributed by atoms with Gasteiger partial charge in [-0.3, -0.25) is 13.9 Å². The molecule has 2 aromatic heterocycles. The number of imidazole rings is 1. The summed E-state index contributed by atoms with van der Waals surface area (Å²) in [4.78, 5) is 42.5. The Hall–Kier alpha value is -3.99. The summed E-state index contributed by atoms with van der Waals surface area (Å²) in [6.07, 6.45) is -3.04. The molecule has 0 aliphatic carbocycles. The number of nitrogens with two attached hydrogens (primary N) is 1. The van der Waals surface area contributed by atoms with Crippen molar-refractivity contribution in [1.82, 2.24) is 24.0 Å². The van der Waals surface area contributed by atoms with Crippen molar-refractivity contribution in [3.8, 4) is 0 Å². The van der Waals surface area contributed by atoms with Gasteiger partial charge in [-0.25, -0.2) is 9.59 Å². The largest absolute Gasteiger partial charge is 0.630 e. The first-order chi connectivity index (χ1) is 18.4. The number of halogens is 3. The van der Waals surface area contributed by atoms with Gasteiger partial charge in [0, 0.05) is 45.3 Å². The van der Waals surface area contributed by atoms with Crippen LogP contribution in [0.5, 0.6) is 0 Å². The van der Waals surface area contributed by atoms with Crippen LogP contribution in [0.15, 0.2) is 45.5 Å². The van der Waals surface area contributed by atoms with E-state index in [1.807, 2.05) is 24.5 Å². The van der Waals surface area contributed by atoms with Crippen molar-refractivity contribution in [3.05, 3.63) is 67.5 Å². The van der Waals surface area contributed by atoms with Crippen molar-refractivity contribution < 1.29 is 34.0 Å². The number of aryl methyl sites for hydroxylation is 1. The lowest BCUT2D eigenvalue weighted by Gasteiger charge is -2.28. The molecule has 1 aliphatic heterocycles. The molecule has 6 N–H and O–H groups in total. The lowest BCUT2D eigenvalue weighted by molar-refractivity contribution is -0.497. The number of allylic oxidation sites excluding steroid dienone is 2. The first-order valence-electron chi connectivity index (χ1n) is 12.0. The number of hydrogen-bond donors (Lipinski definition) is 3. The zero-order chi connectivity index (χ0) is 28.9. The third kappa shape index (κ3) is 7.15. The smallest absolute Gasteiger partial charge is 0.490 e. The Morgan fingerprint density at radius 2 is 1.77 bits per heavy atom. The average molecular weight is 572 g/mol.